The molecule has 0 unspecified atom stereocenters. The zero-order valence-corrected chi connectivity index (χ0v) is 15.3. The Morgan fingerprint density at radius 1 is 1.12 bits per heavy atom. The van der Waals surface area contributed by atoms with Gasteiger partial charge in [0, 0.05) is 18.3 Å². The Bertz CT molecular complexity index is 890. The monoisotopic (exact) mass is 352 g/mol. The van der Waals surface area contributed by atoms with Gasteiger partial charge in [-0.3, -0.25) is 4.79 Å². The standard InChI is InChI=1S/C19H20N4OS/c1-13-9-10-16(14(2)11-13)20-17(24)12-25-19-22-21-18(23(19)3)15-7-5-4-6-8-15/h4-11H,12H2,1-3H3,(H,20,24). The molecule has 2 aromatic carbocycles. The molecule has 0 bridgehead atoms. The quantitative estimate of drug-likeness (QED) is 0.709. The molecule has 0 saturated carbocycles. The van der Waals surface area contributed by atoms with Crippen LogP contribution in [-0.2, 0) is 11.8 Å². The molecule has 5 nitrogen and oxygen atoms in total. The number of carbonyl (C=O) groups excluding carboxylic acids is 1. The molecular weight excluding hydrogens is 332 g/mol. The normalized spacial score (nSPS) is 10.7. The van der Waals surface area contributed by atoms with Gasteiger partial charge in [0.1, 0.15) is 0 Å². The predicted molar refractivity (Wildman–Crippen MR) is 102 cm³/mol. The second-order valence-electron chi connectivity index (χ2n) is 5.89. The fraction of sp³-hybridized carbons (Fsp3) is 0.211. The molecule has 0 fully saturated rings. The van der Waals surface area contributed by atoms with Gasteiger partial charge in [-0.1, -0.05) is 59.8 Å². The summed E-state index contributed by atoms with van der Waals surface area (Å²) in [5.41, 5.74) is 4.09. The van der Waals surface area contributed by atoms with Gasteiger partial charge in [-0.05, 0) is 25.5 Å². The fourth-order valence-electron chi connectivity index (χ4n) is 2.55. The summed E-state index contributed by atoms with van der Waals surface area (Å²) in [6.07, 6.45) is 0. The van der Waals surface area contributed by atoms with Crippen LogP contribution in [0.3, 0.4) is 0 Å². The van der Waals surface area contributed by atoms with Crippen LogP contribution in [-0.4, -0.2) is 26.4 Å². The van der Waals surface area contributed by atoms with Crippen LogP contribution >= 0.6 is 11.8 Å². The van der Waals surface area contributed by atoms with Crippen molar-refractivity contribution in [2.75, 3.05) is 11.1 Å². The third-order valence-electron chi connectivity index (χ3n) is 3.86. The Kier molecular flexibility index (Phi) is 5.19. The first-order valence-electron chi connectivity index (χ1n) is 7.99. The van der Waals surface area contributed by atoms with Crippen molar-refractivity contribution < 1.29 is 4.79 Å². The average molecular weight is 352 g/mol. The van der Waals surface area contributed by atoms with Crippen molar-refractivity contribution in [3.05, 3.63) is 59.7 Å². The molecule has 1 N–H and O–H groups in total. The van der Waals surface area contributed by atoms with E-state index in [1.807, 2.05) is 67.9 Å². The van der Waals surface area contributed by atoms with Crippen molar-refractivity contribution in [3.63, 3.8) is 0 Å². The number of hydrogen-bond acceptors (Lipinski definition) is 4. The molecule has 0 atom stereocenters. The smallest absolute Gasteiger partial charge is 0.234 e. The summed E-state index contributed by atoms with van der Waals surface area (Å²) in [7, 11) is 1.91. The number of hydrogen-bond donors (Lipinski definition) is 1. The fourth-order valence-corrected chi connectivity index (χ4v) is 3.26. The third kappa shape index (κ3) is 4.09. The van der Waals surface area contributed by atoms with E-state index in [1.54, 1.807) is 0 Å². The van der Waals surface area contributed by atoms with Crippen molar-refractivity contribution in [1.82, 2.24) is 14.8 Å². The highest BCUT2D eigenvalue weighted by molar-refractivity contribution is 7.99. The summed E-state index contributed by atoms with van der Waals surface area (Å²) in [5.74, 6) is 1.02. The molecule has 3 rings (SSSR count). The summed E-state index contributed by atoms with van der Waals surface area (Å²) in [6.45, 7) is 4.03. The van der Waals surface area contributed by atoms with Crippen LogP contribution in [0, 0.1) is 13.8 Å². The molecule has 3 aromatic rings. The lowest BCUT2D eigenvalue weighted by atomic mass is 10.1. The number of aryl methyl sites for hydroxylation is 2. The Morgan fingerprint density at radius 3 is 2.60 bits per heavy atom. The van der Waals surface area contributed by atoms with Gasteiger partial charge in [0.15, 0.2) is 11.0 Å². The van der Waals surface area contributed by atoms with Crippen LogP contribution in [0.4, 0.5) is 5.69 Å². The van der Waals surface area contributed by atoms with Gasteiger partial charge in [-0.25, -0.2) is 0 Å². The summed E-state index contributed by atoms with van der Waals surface area (Å²) in [5, 5.41) is 12.1. The lowest BCUT2D eigenvalue weighted by Gasteiger charge is -2.09. The summed E-state index contributed by atoms with van der Waals surface area (Å²) < 4.78 is 1.91. The van der Waals surface area contributed by atoms with E-state index in [2.05, 4.69) is 21.6 Å². The van der Waals surface area contributed by atoms with Crippen molar-refractivity contribution >= 4 is 23.4 Å². The first-order valence-corrected chi connectivity index (χ1v) is 8.98. The van der Waals surface area contributed by atoms with Gasteiger partial charge >= 0.3 is 0 Å². The lowest BCUT2D eigenvalue weighted by Crippen LogP contribution is -2.15. The number of anilines is 1. The van der Waals surface area contributed by atoms with Gasteiger partial charge < -0.3 is 9.88 Å². The van der Waals surface area contributed by atoms with E-state index in [4.69, 9.17) is 0 Å². The molecule has 1 aromatic heterocycles. The number of nitrogens with zero attached hydrogens (tertiary/aromatic N) is 3. The second-order valence-corrected chi connectivity index (χ2v) is 6.83. The number of rotatable bonds is 5. The Balaban J connectivity index is 1.64. The molecule has 0 saturated heterocycles. The van der Waals surface area contributed by atoms with Crippen LogP contribution < -0.4 is 5.32 Å². The molecule has 0 spiro atoms. The number of nitrogens with one attached hydrogen (secondary N) is 1. The molecule has 0 radical (unpaired) electrons. The van der Waals surface area contributed by atoms with Gasteiger partial charge in [0.2, 0.25) is 5.91 Å². The topological polar surface area (TPSA) is 59.8 Å². The predicted octanol–water partition coefficient (Wildman–Crippen LogP) is 3.83. The van der Waals surface area contributed by atoms with Crippen LogP contribution in [0.1, 0.15) is 11.1 Å². The summed E-state index contributed by atoms with van der Waals surface area (Å²) in [4.78, 5) is 12.2. The molecule has 128 valence electrons. The number of amides is 1. The molecule has 6 heteroatoms. The van der Waals surface area contributed by atoms with Crippen LogP contribution in [0.5, 0.6) is 0 Å². The van der Waals surface area contributed by atoms with E-state index < -0.39 is 0 Å². The molecule has 0 aliphatic carbocycles. The zero-order chi connectivity index (χ0) is 17.8. The van der Waals surface area contributed by atoms with Crippen LogP contribution in [0.25, 0.3) is 11.4 Å². The highest BCUT2D eigenvalue weighted by Gasteiger charge is 2.13. The molecular formula is C19H20N4OS. The minimum atomic E-state index is -0.0544. The maximum absolute atomic E-state index is 12.2. The van der Waals surface area contributed by atoms with E-state index in [0.717, 1.165) is 27.8 Å². The molecule has 0 aliphatic heterocycles. The van der Waals surface area contributed by atoms with E-state index in [0.29, 0.717) is 0 Å². The van der Waals surface area contributed by atoms with Crippen molar-refractivity contribution in [2.45, 2.75) is 19.0 Å². The second kappa shape index (κ2) is 7.53. The molecule has 1 amide bonds. The molecule has 0 aliphatic rings. The first-order chi connectivity index (χ1) is 12.0. The lowest BCUT2D eigenvalue weighted by molar-refractivity contribution is -0.113. The van der Waals surface area contributed by atoms with E-state index in [9.17, 15) is 4.79 Å². The van der Waals surface area contributed by atoms with Crippen molar-refractivity contribution in [3.8, 4) is 11.4 Å². The maximum atomic E-state index is 12.2. The minimum Gasteiger partial charge on any atom is -0.325 e. The van der Waals surface area contributed by atoms with Crippen molar-refractivity contribution in [2.24, 2.45) is 7.05 Å². The SMILES string of the molecule is Cc1ccc(NC(=O)CSc2nnc(-c3ccccc3)n2C)c(C)c1. The van der Waals surface area contributed by atoms with E-state index in [-0.39, 0.29) is 11.7 Å². The van der Waals surface area contributed by atoms with Gasteiger partial charge in [0.05, 0.1) is 5.75 Å². The zero-order valence-electron chi connectivity index (χ0n) is 14.5. The van der Waals surface area contributed by atoms with Gasteiger partial charge in [-0.2, -0.15) is 0 Å². The van der Waals surface area contributed by atoms with Gasteiger partial charge in [-0.15, -0.1) is 10.2 Å². The Labute approximate surface area is 151 Å². The van der Waals surface area contributed by atoms with Crippen LogP contribution in [0.2, 0.25) is 0 Å². The number of benzene rings is 2. The summed E-state index contributed by atoms with van der Waals surface area (Å²) in [6, 6.07) is 15.9. The highest BCUT2D eigenvalue weighted by Crippen LogP contribution is 2.23. The highest BCUT2D eigenvalue weighted by atomic mass is 32.2. The Morgan fingerprint density at radius 2 is 1.88 bits per heavy atom. The minimum absolute atomic E-state index is 0.0544. The van der Waals surface area contributed by atoms with Crippen LogP contribution in [0.15, 0.2) is 53.7 Å². The average Bonchev–Trinajstić information content (AvgIpc) is 2.97. The van der Waals surface area contributed by atoms with E-state index in [1.165, 1.54) is 17.3 Å². The number of aromatic nitrogens is 3. The largest absolute Gasteiger partial charge is 0.325 e. The maximum Gasteiger partial charge on any atom is 0.234 e. The number of carbonyl (C=O) groups is 1. The first kappa shape index (κ1) is 17.2. The van der Waals surface area contributed by atoms with Crippen molar-refractivity contribution in [1.29, 1.82) is 0 Å². The third-order valence-corrected chi connectivity index (χ3v) is 4.88. The van der Waals surface area contributed by atoms with E-state index >= 15 is 0 Å². The molecule has 1 heterocycles. The van der Waals surface area contributed by atoms with Gasteiger partial charge in [0.25, 0.3) is 0 Å². The molecule has 25 heavy (non-hydrogen) atoms. The Hall–Kier alpha value is -2.60. The summed E-state index contributed by atoms with van der Waals surface area (Å²) >= 11 is 1.38. The number of thioether (sulfide) groups is 1.